The molecule has 4 heteroatoms. The van der Waals surface area contributed by atoms with E-state index in [2.05, 4.69) is 4.98 Å². The Morgan fingerprint density at radius 2 is 1.76 bits per heavy atom. The molecule has 0 saturated carbocycles. The van der Waals surface area contributed by atoms with Gasteiger partial charge in [0.25, 0.3) is 0 Å². The highest BCUT2D eigenvalue weighted by atomic mass is 16.4. The minimum absolute atomic E-state index is 0.210. The van der Waals surface area contributed by atoms with Crippen molar-refractivity contribution in [3.63, 3.8) is 0 Å². The lowest BCUT2D eigenvalue weighted by molar-refractivity contribution is 0.0697. The molecule has 0 aliphatic rings. The van der Waals surface area contributed by atoms with Crippen molar-refractivity contribution in [2.24, 2.45) is 0 Å². The molecule has 0 radical (unpaired) electrons. The summed E-state index contributed by atoms with van der Waals surface area (Å²) < 4.78 is 5.26. The van der Waals surface area contributed by atoms with Gasteiger partial charge in [-0.15, -0.1) is 0 Å². The fraction of sp³-hybridized carbons (Fsp3) is 0.0588. The van der Waals surface area contributed by atoms with Crippen LogP contribution in [0.25, 0.3) is 22.6 Å². The average Bonchev–Trinajstić information content (AvgIpc) is 3.02. The van der Waals surface area contributed by atoms with Crippen molar-refractivity contribution >= 4 is 5.97 Å². The van der Waals surface area contributed by atoms with Crippen molar-refractivity contribution in [3.8, 4) is 22.6 Å². The van der Waals surface area contributed by atoms with E-state index in [1.165, 1.54) is 12.5 Å². The molecule has 2 aromatic carbocycles. The average molecular weight is 279 g/mol. The molecule has 1 N–H and O–H groups in total. The van der Waals surface area contributed by atoms with Crippen LogP contribution in [0.1, 0.15) is 15.9 Å². The number of aromatic carboxylic acids is 1. The van der Waals surface area contributed by atoms with Gasteiger partial charge in [-0.3, -0.25) is 0 Å². The Labute approximate surface area is 121 Å². The van der Waals surface area contributed by atoms with E-state index in [-0.39, 0.29) is 5.56 Å². The lowest BCUT2D eigenvalue weighted by Crippen LogP contribution is -1.97. The van der Waals surface area contributed by atoms with Crippen LogP contribution in [0.15, 0.2) is 59.3 Å². The Hall–Kier alpha value is -2.88. The second-order valence-corrected chi connectivity index (χ2v) is 4.81. The first-order valence-electron chi connectivity index (χ1n) is 6.49. The number of hydrogen-bond acceptors (Lipinski definition) is 3. The van der Waals surface area contributed by atoms with Crippen molar-refractivity contribution in [2.75, 3.05) is 0 Å². The second kappa shape index (κ2) is 5.25. The molecule has 0 fully saturated rings. The standard InChI is InChI=1S/C17H13NO3/c1-11-2-4-12(5-3-11)13-8-14(16-18-6-7-21-16)10-15(9-13)17(19)20/h2-10H,1H3,(H,19,20). The van der Waals surface area contributed by atoms with Crippen LogP contribution in [0.2, 0.25) is 0 Å². The summed E-state index contributed by atoms with van der Waals surface area (Å²) in [6.07, 6.45) is 3.00. The summed E-state index contributed by atoms with van der Waals surface area (Å²) in [6.45, 7) is 2.01. The van der Waals surface area contributed by atoms with Gasteiger partial charge in [-0.1, -0.05) is 29.8 Å². The van der Waals surface area contributed by atoms with Crippen LogP contribution >= 0.6 is 0 Å². The first kappa shape index (κ1) is 13.1. The van der Waals surface area contributed by atoms with E-state index in [1.54, 1.807) is 12.1 Å². The van der Waals surface area contributed by atoms with Gasteiger partial charge in [-0.05, 0) is 36.2 Å². The van der Waals surface area contributed by atoms with Crippen LogP contribution in [0.4, 0.5) is 0 Å². The van der Waals surface area contributed by atoms with Crippen molar-refractivity contribution in [3.05, 3.63) is 66.1 Å². The monoisotopic (exact) mass is 279 g/mol. The summed E-state index contributed by atoms with van der Waals surface area (Å²) in [5, 5.41) is 9.27. The Morgan fingerprint density at radius 3 is 2.38 bits per heavy atom. The number of hydrogen-bond donors (Lipinski definition) is 1. The molecular weight excluding hydrogens is 266 g/mol. The van der Waals surface area contributed by atoms with Crippen molar-refractivity contribution in [1.82, 2.24) is 4.98 Å². The van der Waals surface area contributed by atoms with Gasteiger partial charge in [0.05, 0.1) is 11.8 Å². The van der Waals surface area contributed by atoms with Gasteiger partial charge in [0.2, 0.25) is 5.89 Å². The van der Waals surface area contributed by atoms with Crippen molar-refractivity contribution in [2.45, 2.75) is 6.92 Å². The molecule has 0 atom stereocenters. The summed E-state index contributed by atoms with van der Waals surface area (Å²) in [7, 11) is 0. The van der Waals surface area contributed by atoms with Crippen LogP contribution in [-0.2, 0) is 0 Å². The quantitative estimate of drug-likeness (QED) is 0.786. The number of carboxylic acids is 1. The maximum atomic E-state index is 11.3. The molecule has 0 saturated heterocycles. The highest BCUT2D eigenvalue weighted by molar-refractivity contribution is 5.91. The third kappa shape index (κ3) is 2.69. The molecule has 1 heterocycles. The third-order valence-electron chi connectivity index (χ3n) is 3.24. The van der Waals surface area contributed by atoms with Gasteiger partial charge in [-0.25, -0.2) is 9.78 Å². The number of aryl methyl sites for hydroxylation is 1. The maximum Gasteiger partial charge on any atom is 0.335 e. The summed E-state index contributed by atoms with van der Waals surface area (Å²) >= 11 is 0. The zero-order valence-corrected chi connectivity index (χ0v) is 11.4. The third-order valence-corrected chi connectivity index (χ3v) is 3.24. The van der Waals surface area contributed by atoms with Crippen LogP contribution in [0.5, 0.6) is 0 Å². The molecule has 0 aliphatic carbocycles. The minimum atomic E-state index is -0.975. The molecule has 0 aliphatic heterocycles. The van der Waals surface area contributed by atoms with E-state index in [0.29, 0.717) is 11.5 Å². The predicted molar refractivity (Wildman–Crippen MR) is 79.1 cm³/mol. The molecule has 0 spiro atoms. The lowest BCUT2D eigenvalue weighted by atomic mass is 9.99. The van der Waals surface area contributed by atoms with E-state index in [1.807, 2.05) is 37.3 Å². The highest BCUT2D eigenvalue weighted by Crippen LogP contribution is 2.27. The molecule has 104 valence electrons. The van der Waals surface area contributed by atoms with Crippen LogP contribution in [0, 0.1) is 6.92 Å². The Kier molecular flexibility index (Phi) is 3.28. The first-order chi connectivity index (χ1) is 10.1. The maximum absolute atomic E-state index is 11.3. The van der Waals surface area contributed by atoms with Gasteiger partial charge >= 0.3 is 5.97 Å². The molecular formula is C17H13NO3. The Bertz CT molecular complexity index is 774. The number of oxazole rings is 1. The molecule has 3 aromatic rings. The molecule has 1 aromatic heterocycles. The van der Waals surface area contributed by atoms with E-state index in [4.69, 9.17) is 4.42 Å². The lowest BCUT2D eigenvalue weighted by Gasteiger charge is -2.07. The number of benzene rings is 2. The zero-order chi connectivity index (χ0) is 14.8. The van der Waals surface area contributed by atoms with Gasteiger partial charge in [0, 0.05) is 5.56 Å². The van der Waals surface area contributed by atoms with E-state index >= 15 is 0 Å². The second-order valence-electron chi connectivity index (χ2n) is 4.81. The molecule has 21 heavy (non-hydrogen) atoms. The normalized spacial score (nSPS) is 10.5. The number of carbonyl (C=O) groups is 1. The zero-order valence-electron chi connectivity index (χ0n) is 11.4. The molecule has 0 unspecified atom stereocenters. The van der Waals surface area contributed by atoms with E-state index < -0.39 is 5.97 Å². The van der Waals surface area contributed by atoms with Gasteiger partial charge in [-0.2, -0.15) is 0 Å². The smallest absolute Gasteiger partial charge is 0.335 e. The fourth-order valence-electron chi connectivity index (χ4n) is 2.15. The van der Waals surface area contributed by atoms with Crippen molar-refractivity contribution < 1.29 is 14.3 Å². The fourth-order valence-corrected chi connectivity index (χ4v) is 2.15. The minimum Gasteiger partial charge on any atom is -0.478 e. The Balaban J connectivity index is 2.16. The highest BCUT2D eigenvalue weighted by Gasteiger charge is 2.12. The molecule has 0 bridgehead atoms. The van der Waals surface area contributed by atoms with Crippen molar-refractivity contribution in [1.29, 1.82) is 0 Å². The number of aromatic nitrogens is 1. The van der Waals surface area contributed by atoms with E-state index in [0.717, 1.165) is 16.7 Å². The first-order valence-corrected chi connectivity index (χ1v) is 6.49. The molecule has 0 amide bonds. The van der Waals surface area contributed by atoms with Crippen LogP contribution in [-0.4, -0.2) is 16.1 Å². The summed E-state index contributed by atoms with van der Waals surface area (Å²) in [6, 6.07) is 13.0. The van der Waals surface area contributed by atoms with Gasteiger partial charge in [0.1, 0.15) is 6.26 Å². The summed E-state index contributed by atoms with van der Waals surface area (Å²) in [4.78, 5) is 15.4. The van der Waals surface area contributed by atoms with Crippen LogP contribution in [0.3, 0.4) is 0 Å². The SMILES string of the molecule is Cc1ccc(-c2cc(C(=O)O)cc(-c3ncco3)c2)cc1. The number of nitrogens with zero attached hydrogens (tertiary/aromatic N) is 1. The van der Waals surface area contributed by atoms with Crippen LogP contribution < -0.4 is 0 Å². The topological polar surface area (TPSA) is 63.3 Å². The summed E-state index contributed by atoms with van der Waals surface area (Å²) in [5.41, 5.74) is 3.79. The van der Waals surface area contributed by atoms with E-state index in [9.17, 15) is 9.90 Å². The van der Waals surface area contributed by atoms with Gasteiger partial charge < -0.3 is 9.52 Å². The number of carboxylic acid groups (broad SMARTS) is 1. The van der Waals surface area contributed by atoms with Gasteiger partial charge in [0.15, 0.2) is 0 Å². The Morgan fingerprint density at radius 1 is 1.05 bits per heavy atom. The summed E-state index contributed by atoms with van der Waals surface area (Å²) in [5.74, 6) is -0.566. The molecule has 4 nitrogen and oxygen atoms in total. The largest absolute Gasteiger partial charge is 0.478 e. The number of rotatable bonds is 3. The molecule has 3 rings (SSSR count). The predicted octanol–water partition coefficient (Wildman–Crippen LogP) is 4.02.